The van der Waals surface area contributed by atoms with Gasteiger partial charge in [-0.15, -0.1) is 0 Å². The molecule has 0 spiro atoms. The zero-order chi connectivity index (χ0) is 21.3. The number of aryl methyl sites for hydroxylation is 1. The molecule has 0 unspecified atom stereocenters. The lowest BCUT2D eigenvalue weighted by molar-refractivity contribution is -0.384. The Labute approximate surface area is 173 Å². The number of benzene rings is 3. The SMILES string of the molecule is Cc1ccc(S(=O)(=O)N[C@@H](c2ccc([N+](=O)[O-])cc2)c2c[nH]c3ccccc23)cc1. The molecule has 4 rings (SSSR count). The van der Waals surface area contributed by atoms with Crippen molar-refractivity contribution >= 4 is 26.6 Å². The maximum absolute atomic E-state index is 13.1. The van der Waals surface area contributed by atoms with Crippen LogP contribution in [0.1, 0.15) is 22.7 Å². The average molecular weight is 421 g/mol. The van der Waals surface area contributed by atoms with Gasteiger partial charge < -0.3 is 4.98 Å². The zero-order valence-corrected chi connectivity index (χ0v) is 16.9. The van der Waals surface area contributed by atoms with Gasteiger partial charge in [0.1, 0.15) is 0 Å². The highest BCUT2D eigenvalue weighted by Gasteiger charge is 2.25. The molecule has 30 heavy (non-hydrogen) atoms. The van der Waals surface area contributed by atoms with Gasteiger partial charge in [0.05, 0.1) is 15.9 Å². The summed E-state index contributed by atoms with van der Waals surface area (Å²) in [5.41, 5.74) is 3.10. The molecule has 0 saturated carbocycles. The first-order valence-electron chi connectivity index (χ1n) is 9.24. The van der Waals surface area contributed by atoms with Crippen LogP contribution in [0.5, 0.6) is 0 Å². The summed E-state index contributed by atoms with van der Waals surface area (Å²) in [5, 5.41) is 11.9. The van der Waals surface area contributed by atoms with Crippen molar-refractivity contribution < 1.29 is 13.3 Å². The maximum Gasteiger partial charge on any atom is 0.269 e. The lowest BCUT2D eigenvalue weighted by Crippen LogP contribution is -2.29. The molecule has 0 aliphatic rings. The van der Waals surface area contributed by atoms with Crippen LogP contribution in [-0.4, -0.2) is 18.3 Å². The first-order valence-corrected chi connectivity index (χ1v) is 10.7. The number of nitrogens with zero attached hydrogens (tertiary/aromatic N) is 1. The van der Waals surface area contributed by atoms with Crippen molar-refractivity contribution in [3.8, 4) is 0 Å². The molecule has 4 aromatic rings. The fourth-order valence-electron chi connectivity index (χ4n) is 3.37. The van der Waals surface area contributed by atoms with Crippen molar-refractivity contribution in [3.63, 3.8) is 0 Å². The van der Waals surface area contributed by atoms with Gasteiger partial charge in [-0.2, -0.15) is 4.72 Å². The first kappa shape index (κ1) is 19.8. The number of aromatic nitrogens is 1. The summed E-state index contributed by atoms with van der Waals surface area (Å²) < 4.78 is 29.0. The molecule has 0 aliphatic carbocycles. The summed E-state index contributed by atoms with van der Waals surface area (Å²) in [6.07, 6.45) is 1.76. The number of hydrogen-bond donors (Lipinski definition) is 2. The second-order valence-corrected chi connectivity index (χ2v) is 8.72. The predicted molar refractivity (Wildman–Crippen MR) is 115 cm³/mol. The Bertz CT molecular complexity index is 1310. The van der Waals surface area contributed by atoms with Crippen LogP contribution >= 0.6 is 0 Å². The van der Waals surface area contributed by atoms with Crippen molar-refractivity contribution in [2.24, 2.45) is 0 Å². The van der Waals surface area contributed by atoms with E-state index in [1.807, 2.05) is 31.2 Å². The van der Waals surface area contributed by atoms with Crippen LogP contribution in [0, 0.1) is 17.0 Å². The summed E-state index contributed by atoms with van der Waals surface area (Å²) in [6, 6.07) is 19.3. The molecule has 0 amide bonds. The fraction of sp³-hybridized carbons (Fsp3) is 0.0909. The summed E-state index contributed by atoms with van der Waals surface area (Å²) in [4.78, 5) is 13.8. The number of nitro benzene ring substituents is 1. The van der Waals surface area contributed by atoms with Crippen LogP contribution < -0.4 is 4.72 Å². The summed E-state index contributed by atoms with van der Waals surface area (Å²) in [6.45, 7) is 1.88. The van der Waals surface area contributed by atoms with Gasteiger partial charge >= 0.3 is 0 Å². The van der Waals surface area contributed by atoms with Crippen molar-refractivity contribution in [1.29, 1.82) is 0 Å². The van der Waals surface area contributed by atoms with Crippen LogP contribution in [0.3, 0.4) is 0 Å². The van der Waals surface area contributed by atoms with E-state index in [1.165, 1.54) is 12.1 Å². The monoisotopic (exact) mass is 421 g/mol. The molecule has 0 aliphatic heterocycles. The third-order valence-electron chi connectivity index (χ3n) is 4.97. The molecule has 1 heterocycles. The Balaban J connectivity index is 1.81. The average Bonchev–Trinajstić information content (AvgIpc) is 3.16. The first-order chi connectivity index (χ1) is 14.3. The maximum atomic E-state index is 13.1. The van der Waals surface area contributed by atoms with E-state index in [1.54, 1.807) is 42.6 Å². The van der Waals surface area contributed by atoms with Gasteiger partial charge in [-0.05, 0) is 36.2 Å². The number of non-ortho nitro benzene ring substituents is 1. The molecule has 0 bridgehead atoms. The van der Waals surface area contributed by atoms with Gasteiger partial charge in [0.15, 0.2) is 0 Å². The minimum absolute atomic E-state index is 0.0576. The number of H-pyrrole nitrogens is 1. The Morgan fingerprint density at radius 1 is 0.967 bits per heavy atom. The fourth-order valence-corrected chi connectivity index (χ4v) is 4.58. The van der Waals surface area contributed by atoms with Crippen LogP contribution in [0.4, 0.5) is 5.69 Å². The Kier molecular flexibility index (Phi) is 5.11. The van der Waals surface area contributed by atoms with Gasteiger partial charge in [-0.3, -0.25) is 10.1 Å². The molecule has 0 radical (unpaired) electrons. The van der Waals surface area contributed by atoms with Gasteiger partial charge in [0.25, 0.3) is 5.69 Å². The van der Waals surface area contributed by atoms with Crippen LogP contribution in [0.25, 0.3) is 10.9 Å². The number of nitro groups is 1. The minimum Gasteiger partial charge on any atom is -0.361 e. The van der Waals surface area contributed by atoms with E-state index < -0.39 is 21.0 Å². The number of fused-ring (bicyclic) bond motifs is 1. The highest BCUT2D eigenvalue weighted by molar-refractivity contribution is 7.89. The minimum atomic E-state index is -3.84. The molecule has 0 fully saturated rings. The second kappa shape index (κ2) is 7.74. The van der Waals surface area contributed by atoms with Gasteiger partial charge in [0.2, 0.25) is 10.0 Å². The molecule has 152 valence electrons. The Morgan fingerprint density at radius 2 is 1.63 bits per heavy atom. The lowest BCUT2D eigenvalue weighted by atomic mass is 9.99. The number of rotatable bonds is 6. The largest absolute Gasteiger partial charge is 0.361 e. The van der Waals surface area contributed by atoms with Crippen molar-refractivity contribution in [2.75, 3.05) is 0 Å². The quantitative estimate of drug-likeness (QED) is 0.354. The number of hydrogen-bond acceptors (Lipinski definition) is 4. The summed E-state index contributed by atoms with van der Waals surface area (Å²) in [5.74, 6) is 0. The molecule has 1 atom stereocenters. The van der Waals surface area contributed by atoms with Crippen molar-refractivity contribution in [1.82, 2.24) is 9.71 Å². The molecular weight excluding hydrogens is 402 g/mol. The summed E-state index contributed by atoms with van der Waals surface area (Å²) >= 11 is 0. The van der Waals surface area contributed by atoms with Crippen molar-refractivity contribution in [2.45, 2.75) is 17.9 Å². The highest BCUT2D eigenvalue weighted by Crippen LogP contribution is 2.31. The van der Waals surface area contributed by atoms with Gasteiger partial charge in [-0.25, -0.2) is 8.42 Å². The molecule has 1 aromatic heterocycles. The number of aromatic amines is 1. The number of nitrogens with one attached hydrogen (secondary N) is 2. The van der Waals surface area contributed by atoms with E-state index >= 15 is 0 Å². The van der Waals surface area contributed by atoms with E-state index in [2.05, 4.69) is 9.71 Å². The molecule has 0 saturated heterocycles. The van der Waals surface area contributed by atoms with Crippen LogP contribution in [0.15, 0.2) is 83.9 Å². The predicted octanol–water partition coefficient (Wildman–Crippen LogP) is 4.45. The third-order valence-corrected chi connectivity index (χ3v) is 6.41. The molecule has 7 nitrogen and oxygen atoms in total. The molecule has 2 N–H and O–H groups in total. The molecule has 8 heteroatoms. The Morgan fingerprint density at radius 3 is 2.30 bits per heavy atom. The van der Waals surface area contributed by atoms with Gasteiger partial charge in [0, 0.05) is 29.2 Å². The van der Waals surface area contributed by atoms with E-state index in [0.717, 1.165) is 22.0 Å². The number of sulfonamides is 1. The standard InChI is InChI=1S/C22H19N3O4S/c1-15-6-12-18(13-7-15)30(28,29)24-22(16-8-10-17(11-9-16)25(26)27)20-14-23-21-5-3-2-4-19(20)21/h2-14,22-24H,1H3/t22-/m0/s1. The molecule has 3 aromatic carbocycles. The zero-order valence-electron chi connectivity index (χ0n) is 16.1. The second-order valence-electron chi connectivity index (χ2n) is 7.01. The van der Waals surface area contributed by atoms with E-state index in [0.29, 0.717) is 5.56 Å². The molecular formula is C22H19N3O4S. The van der Waals surface area contributed by atoms with E-state index in [-0.39, 0.29) is 10.6 Å². The highest BCUT2D eigenvalue weighted by atomic mass is 32.2. The lowest BCUT2D eigenvalue weighted by Gasteiger charge is -2.19. The summed E-state index contributed by atoms with van der Waals surface area (Å²) in [7, 11) is -3.84. The van der Waals surface area contributed by atoms with Gasteiger partial charge in [-0.1, -0.05) is 48.0 Å². The Hall–Kier alpha value is -3.49. The number of para-hydroxylation sites is 1. The van der Waals surface area contributed by atoms with E-state index in [9.17, 15) is 18.5 Å². The third kappa shape index (κ3) is 3.83. The van der Waals surface area contributed by atoms with E-state index in [4.69, 9.17) is 0 Å². The van der Waals surface area contributed by atoms with Crippen LogP contribution in [-0.2, 0) is 10.0 Å². The van der Waals surface area contributed by atoms with Crippen LogP contribution in [0.2, 0.25) is 0 Å². The van der Waals surface area contributed by atoms with Crippen molar-refractivity contribution in [3.05, 3.63) is 106 Å². The smallest absolute Gasteiger partial charge is 0.269 e. The normalized spacial score (nSPS) is 12.7. The topological polar surface area (TPSA) is 105 Å².